The summed E-state index contributed by atoms with van der Waals surface area (Å²) in [6.07, 6.45) is -2.58. The molecule has 0 aliphatic carbocycles. The van der Waals surface area contributed by atoms with Crippen LogP contribution in [0.15, 0.2) is 18.2 Å². The van der Waals surface area contributed by atoms with Crippen molar-refractivity contribution in [2.45, 2.75) is 39.9 Å². The van der Waals surface area contributed by atoms with Crippen molar-refractivity contribution in [2.24, 2.45) is 11.8 Å². The van der Waals surface area contributed by atoms with Gasteiger partial charge in [0.05, 0.1) is 18.9 Å². The molecule has 0 spiro atoms. The third-order valence-corrected chi connectivity index (χ3v) is 3.44. The van der Waals surface area contributed by atoms with Crippen molar-refractivity contribution in [3.05, 3.63) is 23.8 Å². The van der Waals surface area contributed by atoms with E-state index in [1.807, 2.05) is 0 Å². The summed E-state index contributed by atoms with van der Waals surface area (Å²) in [6.45, 7) is 6.44. The van der Waals surface area contributed by atoms with Gasteiger partial charge in [0, 0.05) is 0 Å². The predicted molar refractivity (Wildman–Crippen MR) is 90.2 cm³/mol. The highest BCUT2D eigenvalue weighted by Gasteiger charge is 2.23. The predicted octanol–water partition coefficient (Wildman–Crippen LogP) is 1.85. The van der Waals surface area contributed by atoms with E-state index >= 15 is 0 Å². The molecule has 0 fully saturated rings. The quantitative estimate of drug-likeness (QED) is 0.542. The van der Waals surface area contributed by atoms with Crippen LogP contribution < -0.4 is 9.47 Å². The fraction of sp³-hybridized carbons (Fsp3) is 0.556. The molecule has 0 saturated carbocycles. The summed E-state index contributed by atoms with van der Waals surface area (Å²) < 4.78 is 15.3. The normalized spacial score (nSPS) is 13.5. The molecule has 0 aliphatic rings. The maximum Gasteiger partial charge on any atom is 0.313 e. The van der Waals surface area contributed by atoms with Crippen LogP contribution in [0.2, 0.25) is 0 Å². The first-order chi connectivity index (χ1) is 11.7. The lowest BCUT2D eigenvalue weighted by Gasteiger charge is -2.20. The molecule has 0 heterocycles. The van der Waals surface area contributed by atoms with Crippen LogP contribution in [-0.4, -0.2) is 42.0 Å². The van der Waals surface area contributed by atoms with Crippen molar-refractivity contribution in [3.8, 4) is 11.5 Å². The van der Waals surface area contributed by atoms with Crippen molar-refractivity contribution < 1.29 is 34.0 Å². The Morgan fingerprint density at radius 2 is 1.60 bits per heavy atom. The van der Waals surface area contributed by atoms with Gasteiger partial charge in [0.25, 0.3) is 0 Å². The van der Waals surface area contributed by atoms with Gasteiger partial charge in [-0.15, -0.1) is 0 Å². The number of carbonyl (C=O) groups excluding carboxylic acids is 2. The molecule has 7 nitrogen and oxygen atoms in total. The number of esters is 2. The first-order valence-corrected chi connectivity index (χ1v) is 8.09. The molecule has 0 amide bonds. The second kappa shape index (κ2) is 9.39. The number of aliphatic hydroxyl groups excluding tert-OH is 2. The summed E-state index contributed by atoms with van der Waals surface area (Å²) in [7, 11) is 1.40. The lowest BCUT2D eigenvalue weighted by Crippen LogP contribution is -2.27. The van der Waals surface area contributed by atoms with Gasteiger partial charge in [-0.1, -0.05) is 33.8 Å². The molecule has 0 aromatic heterocycles. The van der Waals surface area contributed by atoms with Crippen molar-refractivity contribution in [3.63, 3.8) is 0 Å². The number of aliphatic hydroxyl groups is 2. The Morgan fingerprint density at radius 1 is 1.00 bits per heavy atom. The number of rotatable bonds is 8. The third-order valence-electron chi connectivity index (χ3n) is 3.44. The zero-order valence-corrected chi connectivity index (χ0v) is 15.2. The van der Waals surface area contributed by atoms with Gasteiger partial charge < -0.3 is 24.4 Å². The number of ether oxygens (including phenoxy) is 3. The summed E-state index contributed by atoms with van der Waals surface area (Å²) in [5.74, 6) is -1.02. The molecule has 140 valence electrons. The number of hydrogen-bond donors (Lipinski definition) is 2. The summed E-state index contributed by atoms with van der Waals surface area (Å²) in [5.41, 5.74) is 0.342. The largest absolute Gasteiger partial charge is 0.493 e. The number of hydrogen-bond acceptors (Lipinski definition) is 7. The monoisotopic (exact) mass is 354 g/mol. The van der Waals surface area contributed by atoms with Gasteiger partial charge in [0.15, 0.2) is 11.5 Å². The number of methoxy groups -OCH3 is 1. The van der Waals surface area contributed by atoms with E-state index in [0.717, 1.165) is 0 Å². The molecule has 0 saturated heterocycles. The molecular weight excluding hydrogens is 328 g/mol. The summed E-state index contributed by atoms with van der Waals surface area (Å²) in [4.78, 5) is 23.1. The maximum atomic E-state index is 11.7. The highest BCUT2D eigenvalue weighted by atomic mass is 16.6. The zero-order valence-electron chi connectivity index (χ0n) is 15.2. The van der Waals surface area contributed by atoms with Gasteiger partial charge in [-0.05, 0) is 17.7 Å². The first-order valence-electron chi connectivity index (χ1n) is 8.09. The fourth-order valence-electron chi connectivity index (χ4n) is 1.83. The van der Waals surface area contributed by atoms with Crippen LogP contribution in [0.25, 0.3) is 0 Å². The van der Waals surface area contributed by atoms with Crippen molar-refractivity contribution in [1.82, 2.24) is 0 Å². The fourth-order valence-corrected chi connectivity index (χ4v) is 1.83. The van der Waals surface area contributed by atoms with Crippen molar-refractivity contribution in [1.29, 1.82) is 0 Å². The molecule has 0 radical (unpaired) electrons. The summed E-state index contributed by atoms with van der Waals surface area (Å²) in [5, 5.41) is 20.2. The molecule has 1 rings (SSSR count). The van der Waals surface area contributed by atoms with Gasteiger partial charge in [0.1, 0.15) is 18.8 Å². The molecule has 25 heavy (non-hydrogen) atoms. The van der Waals surface area contributed by atoms with Gasteiger partial charge in [0.2, 0.25) is 0 Å². The molecule has 0 bridgehead atoms. The number of carbonyl (C=O) groups is 2. The minimum Gasteiger partial charge on any atom is -0.493 e. The Morgan fingerprint density at radius 3 is 2.12 bits per heavy atom. The Labute approximate surface area is 147 Å². The van der Waals surface area contributed by atoms with Gasteiger partial charge >= 0.3 is 11.9 Å². The van der Waals surface area contributed by atoms with Crippen molar-refractivity contribution in [2.75, 3.05) is 13.7 Å². The van der Waals surface area contributed by atoms with E-state index in [4.69, 9.17) is 14.2 Å². The van der Waals surface area contributed by atoms with E-state index in [-0.39, 0.29) is 29.9 Å². The SMILES string of the molecule is COc1cc(C(O)C(O)COC(=O)C(C)C)ccc1OC(=O)C(C)C. The smallest absolute Gasteiger partial charge is 0.313 e. The van der Waals surface area contributed by atoms with E-state index in [2.05, 4.69) is 0 Å². The van der Waals surface area contributed by atoms with Gasteiger partial charge in [-0.25, -0.2) is 0 Å². The van der Waals surface area contributed by atoms with E-state index in [0.29, 0.717) is 5.56 Å². The maximum absolute atomic E-state index is 11.7. The molecule has 2 atom stereocenters. The third kappa shape index (κ3) is 6.03. The summed E-state index contributed by atoms with van der Waals surface area (Å²) in [6, 6.07) is 4.44. The zero-order chi connectivity index (χ0) is 19.1. The molecule has 2 unspecified atom stereocenters. The van der Waals surface area contributed by atoms with Gasteiger partial charge in [-0.2, -0.15) is 0 Å². The average molecular weight is 354 g/mol. The molecule has 7 heteroatoms. The van der Waals surface area contributed by atoms with E-state index in [1.165, 1.54) is 25.3 Å². The molecule has 1 aromatic carbocycles. The van der Waals surface area contributed by atoms with E-state index in [1.54, 1.807) is 27.7 Å². The van der Waals surface area contributed by atoms with Crippen LogP contribution in [0, 0.1) is 11.8 Å². The van der Waals surface area contributed by atoms with Crippen LogP contribution in [0.4, 0.5) is 0 Å². The topological polar surface area (TPSA) is 102 Å². The lowest BCUT2D eigenvalue weighted by molar-refractivity contribution is -0.152. The van der Waals surface area contributed by atoms with Crippen LogP contribution >= 0.6 is 0 Å². The number of benzene rings is 1. The minimum absolute atomic E-state index is 0.220. The lowest BCUT2D eigenvalue weighted by atomic mass is 10.0. The van der Waals surface area contributed by atoms with Crippen molar-refractivity contribution >= 4 is 11.9 Å². The average Bonchev–Trinajstić information content (AvgIpc) is 2.58. The molecular formula is C18H26O7. The standard InChI is InChI=1S/C18H26O7/c1-10(2)17(21)24-9-13(19)16(20)12-6-7-14(15(8-12)23-5)25-18(22)11(3)4/h6-8,10-11,13,16,19-20H,9H2,1-5H3. The highest BCUT2D eigenvalue weighted by Crippen LogP contribution is 2.32. The molecule has 1 aromatic rings. The Bertz CT molecular complexity index is 595. The highest BCUT2D eigenvalue weighted by molar-refractivity contribution is 5.75. The minimum atomic E-state index is -1.29. The van der Waals surface area contributed by atoms with Crippen LogP contribution in [0.1, 0.15) is 39.4 Å². The van der Waals surface area contributed by atoms with Crippen LogP contribution in [0.5, 0.6) is 11.5 Å². The van der Waals surface area contributed by atoms with E-state index < -0.39 is 24.1 Å². The second-order valence-electron chi connectivity index (χ2n) is 6.28. The summed E-state index contributed by atoms with van der Waals surface area (Å²) >= 11 is 0. The Kier molecular flexibility index (Phi) is 7.86. The van der Waals surface area contributed by atoms with Gasteiger partial charge in [-0.3, -0.25) is 9.59 Å². The molecule has 2 N–H and O–H groups in total. The van der Waals surface area contributed by atoms with Crippen LogP contribution in [0.3, 0.4) is 0 Å². The van der Waals surface area contributed by atoms with Crippen LogP contribution in [-0.2, 0) is 14.3 Å². The Balaban J connectivity index is 2.84. The molecule has 0 aliphatic heterocycles. The first kappa shape index (κ1) is 20.9. The van der Waals surface area contributed by atoms with E-state index in [9.17, 15) is 19.8 Å². The second-order valence-corrected chi connectivity index (χ2v) is 6.28. The Hall–Kier alpha value is -2.12.